The van der Waals surface area contributed by atoms with E-state index in [1.165, 1.54) is 91.5 Å². The van der Waals surface area contributed by atoms with Crippen molar-refractivity contribution >= 4 is 131 Å². The number of nitrogens with zero attached hydrogens (tertiary/aromatic N) is 7. The number of nitrogens with two attached hydrogens (primary N) is 1. The molecule has 4 amide bonds. The lowest BCUT2D eigenvalue weighted by atomic mass is 9.84. The Labute approximate surface area is 632 Å². The second kappa shape index (κ2) is 39.4. The molecule has 6 heterocycles. The molecule has 11 aromatic rings. The maximum absolute atomic E-state index is 14.1. The van der Waals surface area contributed by atoms with Crippen LogP contribution >= 0.6 is 68.4 Å². The van der Waals surface area contributed by atoms with Crippen LogP contribution in [-0.4, -0.2) is 109 Å². The number of aryl methyl sites for hydroxylation is 2. The van der Waals surface area contributed by atoms with Crippen LogP contribution in [0.2, 0.25) is 0 Å². The Kier molecular flexibility index (Phi) is 29.5. The predicted molar refractivity (Wildman–Crippen MR) is 407 cm³/mol. The van der Waals surface area contributed by atoms with Crippen molar-refractivity contribution in [3.63, 3.8) is 0 Å². The zero-order valence-corrected chi connectivity index (χ0v) is 63.2. The fraction of sp³-hybridized carbons (Fsp3) is 0.260. The average molecular weight is 1560 g/mol. The number of thiophene rings is 1. The first kappa shape index (κ1) is 79.4. The van der Waals surface area contributed by atoms with Crippen LogP contribution in [0.25, 0.3) is 0 Å². The number of ether oxygens (including phenoxy) is 6. The fourth-order valence-corrected chi connectivity index (χ4v) is 14.2. The molecule has 1 aliphatic rings. The Bertz CT molecular complexity index is 4730. The number of anilines is 5. The van der Waals surface area contributed by atoms with E-state index in [-0.39, 0.29) is 67.2 Å². The van der Waals surface area contributed by atoms with Gasteiger partial charge in [-0.15, -0.1) is 44.2 Å². The van der Waals surface area contributed by atoms with E-state index in [4.69, 9.17) is 39.3 Å². The molecule has 0 spiro atoms. The molecule has 33 heteroatoms. The number of benzene rings is 5. The lowest BCUT2D eigenvalue weighted by molar-refractivity contribution is -0.120. The summed E-state index contributed by atoms with van der Waals surface area (Å²) in [4.78, 5) is 89.5. The molecule has 1 atom stereocenters. The van der Waals surface area contributed by atoms with Gasteiger partial charge >= 0.3 is 18.0 Å². The van der Waals surface area contributed by atoms with E-state index < -0.39 is 41.4 Å². The Morgan fingerprint density at radius 2 is 1.52 bits per heavy atom. The Morgan fingerprint density at radius 3 is 2.19 bits per heavy atom. The van der Waals surface area contributed by atoms with Crippen LogP contribution in [0.5, 0.6) is 34.5 Å². The van der Waals surface area contributed by atoms with Gasteiger partial charge < -0.3 is 49.1 Å². The van der Waals surface area contributed by atoms with E-state index in [2.05, 4.69) is 88.0 Å². The maximum Gasteiger partial charge on any atom is 0.367 e. The normalized spacial score (nSPS) is 11.8. The van der Waals surface area contributed by atoms with Gasteiger partial charge in [0.25, 0.3) is 11.8 Å². The minimum atomic E-state index is -1.20. The third-order valence-electron chi connectivity index (χ3n) is 15.3. The highest BCUT2D eigenvalue weighted by Gasteiger charge is 2.28. The standard InChI is InChI=1S/C21H20FN3O6S.C19H19N3O5S2.C19H23NOS.C14H12FN5OS2/c1-4-30-19(26)14-11-32-21(24-14)25-20(27)23-13-10-12(22)8-9-15(13)31-17-7-5-6-16(28-2)18(17)29-3;1-11(2)27-15-8-13(16(23)20-19-22-21-17(29-19)18(24)25)7-14(9-15)26-5-3-12-4-6-28-10-12;1-14-6-8-16(9-7-14)17(12-15-4-2-3-5-15)18(21)13-19-20-10-11-22-19;1-20-4-2-18-14(20)23-11-6-8(10(16)7-9(11)15)12(21)19-13-17-3-5-22-13/h5-11H,4H2,1-3H3,(H2,23,24,25,27);4,6-11H,3,5H2,1-2H3,(H,24,25)(H,20,22,23);6-11,15,17H,2-5,12-13H2,1H3;2-7H,16H2,1H3,(H,17,19,21). The number of nitrogens with one attached hydrogen (secondary N) is 4. The number of aromatic nitrogens is 7. The first-order chi connectivity index (χ1) is 51.1. The van der Waals surface area contributed by atoms with Crippen LogP contribution in [0.1, 0.15) is 121 Å². The summed E-state index contributed by atoms with van der Waals surface area (Å²) in [5.41, 5.74) is 10.1. The molecule has 1 aliphatic carbocycles. The summed E-state index contributed by atoms with van der Waals surface area (Å²) in [5.74, 6) is -0.426. The van der Waals surface area contributed by atoms with Crippen molar-refractivity contribution in [3.05, 3.63) is 204 Å². The van der Waals surface area contributed by atoms with E-state index in [9.17, 15) is 37.5 Å². The predicted octanol–water partition coefficient (Wildman–Crippen LogP) is 16.8. The molecule has 1 fully saturated rings. The van der Waals surface area contributed by atoms with Gasteiger partial charge in [0, 0.05) is 83.7 Å². The second-order valence-electron chi connectivity index (χ2n) is 23.3. The molecule has 7 N–H and O–H groups in total. The number of thiazole rings is 3. The van der Waals surface area contributed by atoms with Gasteiger partial charge in [-0.05, 0) is 128 Å². The number of Topliss-reactive ketones (excluding diaryl/α,β-unsaturated/α-hetero) is 1. The number of urea groups is 1. The van der Waals surface area contributed by atoms with Crippen LogP contribution < -0.4 is 50.7 Å². The number of para-hydroxylation sites is 1. The Morgan fingerprint density at radius 1 is 0.764 bits per heavy atom. The number of amides is 4. The number of aromatic carboxylic acids is 1. The molecular formula is C73H74F2N12O13S6. The number of halogens is 2. The van der Waals surface area contributed by atoms with Gasteiger partial charge in [-0.3, -0.25) is 30.3 Å². The van der Waals surface area contributed by atoms with Crippen LogP contribution in [-0.2, 0) is 29.4 Å². The van der Waals surface area contributed by atoms with Gasteiger partial charge in [0.05, 0.1) is 61.1 Å². The van der Waals surface area contributed by atoms with E-state index in [1.54, 1.807) is 108 Å². The second-order valence-corrected chi connectivity index (χ2v) is 28.8. The van der Waals surface area contributed by atoms with E-state index in [0.717, 1.165) is 64.4 Å². The summed E-state index contributed by atoms with van der Waals surface area (Å²) in [5, 5.41) is 37.6. The van der Waals surface area contributed by atoms with Gasteiger partial charge in [0.15, 0.2) is 38.4 Å². The lowest BCUT2D eigenvalue weighted by Gasteiger charge is -2.20. The molecule has 25 nitrogen and oxygen atoms in total. The molecule has 554 valence electrons. The number of rotatable bonds is 27. The number of hydrogen-bond acceptors (Lipinski definition) is 25. The summed E-state index contributed by atoms with van der Waals surface area (Å²) in [6.45, 7) is 8.21. The Hall–Kier alpha value is -10.7. The number of methoxy groups -OCH3 is 2. The molecular weight excluding hydrogens is 1480 g/mol. The van der Waals surface area contributed by atoms with Gasteiger partial charge in [0.2, 0.25) is 15.9 Å². The summed E-state index contributed by atoms with van der Waals surface area (Å²) in [6.07, 6.45) is 14.1. The summed E-state index contributed by atoms with van der Waals surface area (Å²) in [6, 6.07) is 26.0. The quantitative estimate of drug-likeness (QED) is 0.0206. The fourth-order valence-electron chi connectivity index (χ4n) is 10.3. The van der Waals surface area contributed by atoms with Crippen LogP contribution in [0, 0.1) is 24.5 Å². The summed E-state index contributed by atoms with van der Waals surface area (Å²) in [7, 11) is 4.75. The average Bonchev–Trinajstić information content (AvgIpc) is 1.09. The van der Waals surface area contributed by atoms with Crippen LogP contribution in [0.3, 0.4) is 0 Å². The topological polar surface area (TPSA) is 334 Å². The highest BCUT2D eigenvalue weighted by molar-refractivity contribution is 7.99. The Balaban J connectivity index is 0.000000165. The molecule has 0 saturated heterocycles. The highest BCUT2D eigenvalue weighted by Crippen LogP contribution is 2.42. The van der Waals surface area contributed by atoms with Crippen LogP contribution in [0.15, 0.2) is 159 Å². The van der Waals surface area contributed by atoms with Crippen molar-refractivity contribution in [1.29, 1.82) is 0 Å². The van der Waals surface area contributed by atoms with Crippen molar-refractivity contribution in [2.45, 2.75) is 94.7 Å². The van der Waals surface area contributed by atoms with Crippen molar-refractivity contribution in [1.82, 2.24) is 34.7 Å². The number of nitrogen functional groups attached to an aromatic ring is 1. The van der Waals surface area contributed by atoms with Crippen LogP contribution in [0.4, 0.5) is 40.3 Å². The molecule has 5 aromatic carbocycles. The SMILES string of the molecule is CC(C)Oc1cc(OCCc2ccsc2)cc(C(=O)Nc2nnc(C(=O)O)s2)c1.CCOC(=O)c1csc(NC(=O)Nc2cc(F)ccc2Oc2cccc(OC)c2OC)n1.Cc1ccc(C(CC2CCCC2)C(=O)Cc2nccs2)cc1.Cn1ccnc1Sc1cc(C(=O)Nc2nccs2)c(N)cc1F. The zero-order chi connectivity index (χ0) is 75.7. The molecule has 6 aromatic heterocycles. The third kappa shape index (κ3) is 23.7. The van der Waals surface area contributed by atoms with E-state index in [0.29, 0.717) is 69.3 Å². The van der Waals surface area contributed by atoms with Crippen molar-refractivity contribution in [2.24, 2.45) is 13.0 Å². The summed E-state index contributed by atoms with van der Waals surface area (Å²) < 4.78 is 62.6. The first-order valence-electron chi connectivity index (χ1n) is 32.8. The van der Waals surface area contributed by atoms with Crippen molar-refractivity contribution in [3.8, 4) is 34.5 Å². The lowest BCUT2D eigenvalue weighted by Crippen LogP contribution is -2.20. The largest absolute Gasteiger partial charge is 0.493 e. The summed E-state index contributed by atoms with van der Waals surface area (Å²) >= 11 is 7.44. The monoisotopic (exact) mass is 1560 g/mol. The minimum absolute atomic E-state index is 0.0348. The number of ketones is 1. The number of carboxylic acid groups (broad SMARTS) is 1. The third-order valence-corrected chi connectivity index (χ3v) is 20.2. The van der Waals surface area contributed by atoms with Gasteiger partial charge in [-0.2, -0.15) is 11.3 Å². The maximum atomic E-state index is 14.1. The molecule has 0 radical (unpaired) electrons. The van der Waals surface area contributed by atoms with Crippen molar-refractivity contribution < 1.29 is 71.1 Å². The number of hydrogen-bond donors (Lipinski definition) is 6. The minimum Gasteiger partial charge on any atom is -0.493 e. The molecule has 1 saturated carbocycles. The first-order valence-corrected chi connectivity index (χ1v) is 38.0. The van der Waals surface area contributed by atoms with Gasteiger partial charge in [0.1, 0.15) is 28.9 Å². The molecule has 1 unspecified atom stereocenters. The molecule has 0 aliphatic heterocycles. The van der Waals surface area contributed by atoms with Crippen molar-refractivity contribution in [2.75, 3.05) is 54.4 Å². The number of carbonyl (C=O) groups excluding carboxylic acids is 5. The number of imidazole rings is 1. The number of carboxylic acids is 1. The smallest absolute Gasteiger partial charge is 0.367 e. The molecule has 0 bridgehead atoms. The van der Waals surface area contributed by atoms with Gasteiger partial charge in [-0.25, -0.2) is 43.1 Å². The zero-order valence-electron chi connectivity index (χ0n) is 58.3. The molecule has 12 rings (SSSR count). The van der Waals surface area contributed by atoms with E-state index >= 15 is 0 Å². The molecule has 106 heavy (non-hydrogen) atoms. The number of carbonyl (C=O) groups is 6. The number of esters is 1. The van der Waals surface area contributed by atoms with Gasteiger partial charge in [-0.1, -0.05) is 72.9 Å². The van der Waals surface area contributed by atoms with E-state index in [1.807, 2.05) is 30.7 Å². The highest BCUT2D eigenvalue weighted by atomic mass is 32.2.